The van der Waals surface area contributed by atoms with Crippen molar-refractivity contribution in [3.63, 3.8) is 0 Å². The van der Waals surface area contributed by atoms with Crippen molar-refractivity contribution in [1.29, 1.82) is 0 Å². The summed E-state index contributed by atoms with van der Waals surface area (Å²) in [6.07, 6.45) is 0.534. The second kappa shape index (κ2) is 8.13. The smallest absolute Gasteiger partial charge is 0.261 e. The Bertz CT molecular complexity index is 1120. The SMILES string of the molecule is O=C1c2cccc3cccc(c23)C(=O)N1CCc1ccc(O)c(CN2CCOCC2)c1. The largest absolute Gasteiger partial charge is 0.508 e. The van der Waals surface area contributed by atoms with Gasteiger partial charge in [0.05, 0.1) is 13.2 Å². The van der Waals surface area contributed by atoms with Gasteiger partial charge >= 0.3 is 0 Å². The summed E-state index contributed by atoms with van der Waals surface area (Å²) >= 11 is 0. The van der Waals surface area contributed by atoms with E-state index in [1.165, 1.54) is 4.90 Å². The number of ether oxygens (including phenoxy) is 1. The van der Waals surface area contributed by atoms with Gasteiger partial charge in [-0.25, -0.2) is 0 Å². The molecule has 0 spiro atoms. The Balaban J connectivity index is 1.35. The lowest BCUT2D eigenvalue weighted by Crippen LogP contribution is -2.41. The van der Waals surface area contributed by atoms with Crippen molar-refractivity contribution >= 4 is 22.6 Å². The van der Waals surface area contributed by atoms with Crippen LogP contribution in [0.25, 0.3) is 10.8 Å². The van der Waals surface area contributed by atoms with Gasteiger partial charge in [-0.15, -0.1) is 0 Å². The first-order valence-corrected chi connectivity index (χ1v) is 10.6. The highest BCUT2D eigenvalue weighted by Crippen LogP contribution is 2.30. The Labute approximate surface area is 180 Å². The molecule has 6 nitrogen and oxygen atoms in total. The summed E-state index contributed by atoms with van der Waals surface area (Å²) < 4.78 is 5.39. The minimum atomic E-state index is -0.249. The van der Waals surface area contributed by atoms with Crippen LogP contribution in [0.5, 0.6) is 5.75 Å². The maximum Gasteiger partial charge on any atom is 0.261 e. The number of phenols is 1. The Kier molecular flexibility index (Phi) is 5.18. The van der Waals surface area contributed by atoms with E-state index in [-0.39, 0.29) is 17.6 Å². The van der Waals surface area contributed by atoms with Gasteiger partial charge in [0.25, 0.3) is 11.8 Å². The molecule has 0 radical (unpaired) electrons. The van der Waals surface area contributed by atoms with Crippen LogP contribution in [0.1, 0.15) is 31.8 Å². The van der Waals surface area contributed by atoms with Crippen LogP contribution >= 0.6 is 0 Å². The molecule has 3 aromatic carbocycles. The van der Waals surface area contributed by atoms with E-state index in [4.69, 9.17) is 4.74 Å². The Morgan fingerprint density at radius 3 is 2.26 bits per heavy atom. The summed E-state index contributed by atoms with van der Waals surface area (Å²) in [4.78, 5) is 29.7. The highest BCUT2D eigenvalue weighted by molar-refractivity contribution is 6.25. The molecule has 2 heterocycles. The summed E-state index contributed by atoms with van der Waals surface area (Å²) in [5.74, 6) is -0.232. The van der Waals surface area contributed by atoms with Crippen molar-refractivity contribution in [2.24, 2.45) is 0 Å². The second-order valence-electron chi connectivity index (χ2n) is 8.07. The summed E-state index contributed by atoms with van der Waals surface area (Å²) in [6, 6.07) is 16.6. The number of benzene rings is 3. The van der Waals surface area contributed by atoms with E-state index < -0.39 is 0 Å². The first kappa shape index (κ1) is 19.7. The van der Waals surface area contributed by atoms with Crippen LogP contribution < -0.4 is 0 Å². The zero-order valence-corrected chi connectivity index (χ0v) is 17.2. The lowest BCUT2D eigenvalue weighted by atomic mass is 9.94. The zero-order valence-electron chi connectivity index (χ0n) is 17.2. The van der Waals surface area contributed by atoms with Gasteiger partial charge < -0.3 is 9.84 Å². The van der Waals surface area contributed by atoms with Crippen molar-refractivity contribution in [3.8, 4) is 5.75 Å². The quantitative estimate of drug-likeness (QED) is 0.647. The predicted molar refractivity (Wildman–Crippen MR) is 117 cm³/mol. The van der Waals surface area contributed by atoms with Crippen LogP contribution in [-0.2, 0) is 17.7 Å². The van der Waals surface area contributed by atoms with Crippen molar-refractivity contribution in [2.45, 2.75) is 13.0 Å². The summed E-state index contributed by atoms with van der Waals surface area (Å²) in [6.45, 7) is 4.03. The van der Waals surface area contributed by atoms with Gasteiger partial charge in [-0.3, -0.25) is 19.4 Å². The third-order valence-corrected chi connectivity index (χ3v) is 6.12. The topological polar surface area (TPSA) is 70.1 Å². The molecule has 3 aromatic rings. The maximum absolute atomic E-state index is 13.1. The number of rotatable bonds is 5. The first-order chi connectivity index (χ1) is 15.1. The number of aromatic hydroxyl groups is 1. The molecule has 0 saturated carbocycles. The van der Waals surface area contributed by atoms with Crippen LogP contribution in [0.15, 0.2) is 54.6 Å². The van der Waals surface area contributed by atoms with E-state index in [2.05, 4.69) is 4.90 Å². The number of carbonyl (C=O) groups excluding carboxylic acids is 2. The van der Waals surface area contributed by atoms with E-state index in [1.54, 1.807) is 18.2 Å². The van der Waals surface area contributed by atoms with Crippen molar-refractivity contribution < 1.29 is 19.4 Å². The molecular weight excluding hydrogens is 392 g/mol. The van der Waals surface area contributed by atoms with Gasteiger partial charge in [0.15, 0.2) is 0 Å². The summed E-state index contributed by atoms with van der Waals surface area (Å²) in [5.41, 5.74) is 2.99. The van der Waals surface area contributed by atoms with Crippen molar-refractivity contribution in [1.82, 2.24) is 9.80 Å². The summed E-state index contributed by atoms with van der Waals surface area (Å²) in [5, 5.41) is 11.9. The minimum Gasteiger partial charge on any atom is -0.508 e. The van der Waals surface area contributed by atoms with E-state index >= 15 is 0 Å². The average Bonchev–Trinajstić information content (AvgIpc) is 2.80. The number of carbonyl (C=O) groups is 2. The fourth-order valence-corrected chi connectivity index (χ4v) is 4.45. The number of morpholine rings is 1. The van der Waals surface area contributed by atoms with Crippen LogP contribution in [0.4, 0.5) is 0 Å². The zero-order chi connectivity index (χ0) is 21.4. The van der Waals surface area contributed by atoms with Gasteiger partial charge in [-0.1, -0.05) is 36.4 Å². The predicted octanol–water partition coefficient (Wildman–Crippen LogP) is 3.22. The van der Waals surface area contributed by atoms with Crippen LogP contribution in [0, 0.1) is 0 Å². The molecule has 1 fully saturated rings. The van der Waals surface area contributed by atoms with Gasteiger partial charge in [-0.05, 0) is 35.6 Å². The number of hydrogen-bond donors (Lipinski definition) is 1. The average molecular weight is 416 g/mol. The van der Waals surface area contributed by atoms with E-state index in [9.17, 15) is 14.7 Å². The van der Waals surface area contributed by atoms with E-state index in [0.717, 1.165) is 35.0 Å². The number of nitrogens with zero attached hydrogens (tertiary/aromatic N) is 2. The molecule has 0 atom stereocenters. The molecule has 31 heavy (non-hydrogen) atoms. The maximum atomic E-state index is 13.1. The van der Waals surface area contributed by atoms with Gasteiger partial charge in [0.1, 0.15) is 5.75 Å². The normalized spacial score (nSPS) is 16.8. The monoisotopic (exact) mass is 416 g/mol. The number of imide groups is 1. The molecule has 2 aliphatic heterocycles. The molecule has 6 heteroatoms. The Hall–Kier alpha value is -3.22. The fourth-order valence-electron chi connectivity index (χ4n) is 4.45. The number of amides is 2. The third-order valence-electron chi connectivity index (χ3n) is 6.12. The van der Waals surface area contributed by atoms with Crippen LogP contribution in [0.2, 0.25) is 0 Å². The van der Waals surface area contributed by atoms with Gasteiger partial charge in [-0.2, -0.15) is 0 Å². The fraction of sp³-hybridized carbons (Fsp3) is 0.280. The molecule has 0 aromatic heterocycles. The van der Waals surface area contributed by atoms with Gasteiger partial charge in [0.2, 0.25) is 0 Å². The molecule has 0 unspecified atom stereocenters. The van der Waals surface area contributed by atoms with Crippen LogP contribution in [0.3, 0.4) is 0 Å². The number of hydrogen-bond acceptors (Lipinski definition) is 5. The molecule has 2 amide bonds. The first-order valence-electron chi connectivity index (χ1n) is 10.6. The van der Waals surface area contributed by atoms with Crippen LogP contribution in [-0.4, -0.2) is 59.6 Å². The Morgan fingerprint density at radius 2 is 1.58 bits per heavy atom. The highest BCUT2D eigenvalue weighted by Gasteiger charge is 2.32. The lowest BCUT2D eigenvalue weighted by molar-refractivity contribution is 0.0339. The van der Waals surface area contributed by atoms with Gasteiger partial charge in [0, 0.05) is 48.3 Å². The summed E-state index contributed by atoms with van der Waals surface area (Å²) in [7, 11) is 0. The standard InChI is InChI=1S/C25H24N2O4/c28-22-8-7-17(15-19(22)16-26-11-13-31-14-12-26)9-10-27-24(29)20-5-1-3-18-4-2-6-21(23(18)20)25(27)30/h1-8,15,28H,9-14,16H2. The lowest BCUT2D eigenvalue weighted by Gasteiger charge is -2.28. The molecule has 0 aliphatic carbocycles. The third kappa shape index (κ3) is 3.69. The second-order valence-corrected chi connectivity index (χ2v) is 8.07. The molecule has 0 bridgehead atoms. The molecule has 1 saturated heterocycles. The Morgan fingerprint density at radius 1 is 0.903 bits per heavy atom. The number of phenolic OH excluding ortho intramolecular Hbond substituents is 1. The molecule has 5 rings (SSSR count). The highest BCUT2D eigenvalue weighted by atomic mass is 16.5. The van der Waals surface area contributed by atoms with Crippen molar-refractivity contribution in [3.05, 3.63) is 76.9 Å². The molecular formula is C25H24N2O4. The van der Waals surface area contributed by atoms with E-state index in [1.807, 2.05) is 36.4 Å². The molecule has 158 valence electrons. The van der Waals surface area contributed by atoms with Crippen molar-refractivity contribution in [2.75, 3.05) is 32.8 Å². The molecule has 1 N–H and O–H groups in total. The molecule has 2 aliphatic rings. The minimum absolute atomic E-state index is 0.249. The van der Waals surface area contributed by atoms with E-state index in [0.29, 0.717) is 43.9 Å².